The first kappa shape index (κ1) is 19.3. The molecule has 0 saturated heterocycles. The lowest BCUT2D eigenvalue weighted by Crippen LogP contribution is -2.06. The van der Waals surface area contributed by atoms with Crippen molar-refractivity contribution in [2.45, 2.75) is 0 Å². The largest absolute Gasteiger partial charge is 0.496 e. The van der Waals surface area contributed by atoms with Gasteiger partial charge >= 0.3 is 5.97 Å². The number of rotatable bonds is 5. The molecule has 1 heterocycles. The Balaban J connectivity index is 2.08. The lowest BCUT2D eigenvalue weighted by Gasteiger charge is -2.16. The quantitative estimate of drug-likeness (QED) is 0.399. The van der Waals surface area contributed by atoms with Crippen LogP contribution in [0.25, 0.3) is 27.7 Å². The normalized spacial score (nSPS) is 10.8. The average Bonchev–Trinajstić information content (AvgIpc) is 3.23. The first-order valence-electron chi connectivity index (χ1n) is 9.26. The van der Waals surface area contributed by atoms with E-state index in [1.165, 1.54) is 7.11 Å². The number of methoxy groups -OCH3 is 3. The van der Waals surface area contributed by atoms with Crippen molar-refractivity contribution in [1.82, 2.24) is 9.78 Å². The number of nitrogens with zero attached hydrogens (tertiary/aromatic N) is 2. The van der Waals surface area contributed by atoms with Gasteiger partial charge in [0.2, 0.25) is 0 Å². The molecule has 30 heavy (non-hydrogen) atoms. The lowest BCUT2D eigenvalue weighted by atomic mass is 10.1. The molecular formula is C23H21N3O4. The van der Waals surface area contributed by atoms with E-state index in [2.05, 4.69) is 5.10 Å². The second kappa shape index (κ2) is 7.79. The number of nitrogen functional groups attached to an aromatic ring is 1. The van der Waals surface area contributed by atoms with E-state index in [0.29, 0.717) is 28.4 Å². The molecule has 4 aromatic rings. The summed E-state index contributed by atoms with van der Waals surface area (Å²) in [5.74, 6) is 0.641. The Hall–Kier alpha value is -4.00. The highest BCUT2D eigenvalue weighted by atomic mass is 16.5. The van der Waals surface area contributed by atoms with E-state index in [-0.39, 0.29) is 5.69 Å². The molecule has 0 aliphatic rings. The fourth-order valence-corrected chi connectivity index (χ4v) is 3.54. The minimum Gasteiger partial charge on any atom is -0.496 e. The number of carbonyl (C=O) groups excluding carboxylic acids is 1. The number of carbonyl (C=O) groups is 1. The van der Waals surface area contributed by atoms with Gasteiger partial charge in [-0.2, -0.15) is 5.10 Å². The zero-order valence-electron chi connectivity index (χ0n) is 16.9. The van der Waals surface area contributed by atoms with Crippen molar-refractivity contribution in [2.75, 3.05) is 27.1 Å². The molecule has 3 aromatic carbocycles. The Bertz CT molecular complexity index is 1220. The van der Waals surface area contributed by atoms with Gasteiger partial charge in [0.15, 0.2) is 5.69 Å². The highest BCUT2D eigenvalue weighted by Gasteiger charge is 2.23. The summed E-state index contributed by atoms with van der Waals surface area (Å²) in [7, 11) is 4.49. The number of anilines is 1. The molecule has 7 heteroatoms. The molecule has 0 bridgehead atoms. The monoisotopic (exact) mass is 403 g/mol. The van der Waals surface area contributed by atoms with Gasteiger partial charge in [0.1, 0.15) is 11.5 Å². The van der Waals surface area contributed by atoms with Crippen LogP contribution in [0, 0.1) is 0 Å². The second-order valence-electron chi connectivity index (χ2n) is 6.58. The van der Waals surface area contributed by atoms with Gasteiger partial charge < -0.3 is 19.9 Å². The molecule has 0 saturated carbocycles. The summed E-state index contributed by atoms with van der Waals surface area (Å²) in [6.45, 7) is 0. The molecule has 0 fully saturated rings. The van der Waals surface area contributed by atoms with Gasteiger partial charge in [-0.1, -0.05) is 30.3 Å². The molecule has 0 unspecified atom stereocenters. The molecular weight excluding hydrogens is 382 g/mol. The Morgan fingerprint density at radius 3 is 2.20 bits per heavy atom. The lowest BCUT2D eigenvalue weighted by molar-refractivity contribution is 0.0593. The van der Waals surface area contributed by atoms with Crippen LogP contribution in [0.4, 0.5) is 5.69 Å². The minimum absolute atomic E-state index is 0.168. The number of hydrogen-bond acceptors (Lipinski definition) is 6. The maximum absolute atomic E-state index is 12.3. The van der Waals surface area contributed by atoms with Gasteiger partial charge in [-0.25, -0.2) is 9.48 Å². The molecule has 2 N–H and O–H groups in total. The van der Waals surface area contributed by atoms with Gasteiger partial charge in [0, 0.05) is 16.5 Å². The number of nitrogens with two attached hydrogens (primary N) is 1. The summed E-state index contributed by atoms with van der Waals surface area (Å²) >= 11 is 0. The van der Waals surface area contributed by atoms with Gasteiger partial charge in [-0.15, -0.1) is 0 Å². The van der Waals surface area contributed by atoms with Gasteiger partial charge in [0.25, 0.3) is 0 Å². The van der Waals surface area contributed by atoms with Crippen molar-refractivity contribution in [2.24, 2.45) is 0 Å². The van der Waals surface area contributed by atoms with Gasteiger partial charge in [-0.05, 0) is 30.3 Å². The maximum Gasteiger partial charge on any atom is 0.358 e. The smallest absolute Gasteiger partial charge is 0.358 e. The minimum atomic E-state index is -0.538. The van der Waals surface area contributed by atoms with E-state index < -0.39 is 5.97 Å². The number of hydrogen-bond donors (Lipinski definition) is 1. The predicted octanol–water partition coefficient (Wildman–Crippen LogP) is 4.08. The summed E-state index contributed by atoms with van der Waals surface area (Å²) in [6.07, 6.45) is 0. The molecule has 4 rings (SSSR count). The summed E-state index contributed by atoms with van der Waals surface area (Å²) in [5, 5.41) is 6.34. The molecule has 0 spiro atoms. The maximum atomic E-state index is 12.3. The number of fused-ring (bicyclic) bond motifs is 1. The van der Waals surface area contributed by atoms with Crippen molar-refractivity contribution in [3.8, 4) is 28.4 Å². The second-order valence-corrected chi connectivity index (χ2v) is 6.58. The predicted molar refractivity (Wildman–Crippen MR) is 115 cm³/mol. The van der Waals surface area contributed by atoms with E-state index in [1.54, 1.807) is 25.0 Å². The molecule has 0 amide bonds. The summed E-state index contributed by atoms with van der Waals surface area (Å²) in [6, 6.07) is 18.6. The third kappa shape index (κ3) is 3.10. The van der Waals surface area contributed by atoms with E-state index in [4.69, 9.17) is 19.9 Å². The Morgan fingerprint density at radius 2 is 1.57 bits per heavy atom. The molecule has 1 aromatic heterocycles. The van der Waals surface area contributed by atoms with Crippen LogP contribution in [0.5, 0.6) is 11.5 Å². The van der Waals surface area contributed by atoms with E-state index in [1.807, 2.05) is 54.6 Å². The van der Waals surface area contributed by atoms with Crippen LogP contribution in [0.1, 0.15) is 10.5 Å². The summed E-state index contributed by atoms with van der Waals surface area (Å²) in [5.41, 5.74) is 9.06. The van der Waals surface area contributed by atoms with Gasteiger partial charge in [-0.3, -0.25) is 0 Å². The first-order chi connectivity index (χ1) is 14.6. The van der Waals surface area contributed by atoms with Crippen molar-refractivity contribution < 1.29 is 19.0 Å². The van der Waals surface area contributed by atoms with Crippen molar-refractivity contribution in [3.05, 3.63) is 66.4 Å². The topological polar surface area (TPSA) is 88.6 Å². The Kier molecular flexibility index (Phi) is 5.02. The highest BCUT2D eigenvalue weighted by molar-refractivity contribution is 5.99. The Morgan fingerprint density at radius 1 is 0.900 bits per heavy atom. The molecule has 0 aliphatic carbocycles. The van der Waals surface area contributed by atoms with Crippen molar-refractivity contribution in [3.63, 3.8) is 0 Å². The number of aromatic nitrogens is 2. The van der Waals surface area contributed by atoms with Crippen LogP contribution in [0.2, 0.25) is 0 Å². The van der Waals surface area contributed by atoms with Crippen LogP contribution < -0.4 is 15.2 Å². The third-order valence-corrected chi connectivity index (χ3v) is 4.95. The number of esters is 1. The van der Waals surface area contributed by atoms with Crippen molar-refractivity contribution >= 4 is 22.4 Å². The molecule has 0 atom stereocenters. The number of benzene rings is 3. The van der Waals surface area contributed by atoms with Crippen LogP contribution in [-0.2, 0) is 4.74 Å². The number of ether oxygens (including phenoxy) is 3. The standard InChI is InChI=1S/C23H21N3O4/c1-28-20-9-6-10-21(29-2)22(20)19-13-17(23(27)30-3)25-26(19)18-12-11-16(24)14-7-4-5-8-15(14)18/h4-13H,24H2,1-3H3. The third-order valence-electron chi connectivity index (χ3n) is 4.95. The van der Waals surface area contributed by atoms with Crippen LogP contribution in [0.15, 0.2) is 60.7 Å². The fourth-order valence-electron chi connectivity index (χ4n) is 3.54. The molecule has 0 radical (unpaired) electrons. The van der Waals surface area contributed by atoms with Crippen LogP contribution >= 0.6 is 0 Å². The van der Waals surface area contributed by atoms with Crippen LogP contribution in [0.3, 0.4) is 0 Å². The van der Waals surface area contributed by atoms with E-state index >= 15 is 0 Å². The van der Waals surface area contributed by atoms with Crippen molar-refractivity contribution in [1.29, 1.82) is 0 Å². The van der Waals surface area contributed by atoms with E-state index in [9.17, 15) is 4.79 Å². The van der Waals surface area contributed by atoms with Gasteiger partial charge in [0.05, 0.1) is 38.3 Å². The summed E-state index contributed by atoms with van der Waals surface area (Å²) in [4.78, 5) is 12.3. The SMILES string of the molecule is COC(=O)c1cc(-c2c(OC)cccc2OC)n(-c2ccc(N)c3ccccc23)n1. The fraction of sp³-hybridized carbons (Fsp3) is 0.130. The Labute approximate surface area is 173 Å². The summed E-state index contributed by atoms with van der Waals surface area (Å²) < 4.78 is 17.7. The molecule has 0 aliphatic heterocycles. The zero-order chi connectivity index (χ0) is 21.3. The zero-order valence-corrected chi connectivity index (χ0v) is 16.9. The highest BCUT2D eigenvalue weighted by Crippen LogP contribution is 2.40. The van der Waals surface area contributed by atoms with Crippen LogP contribution in [-0.4, -0.2) is 37.1 Å². The molecule has 7 nitrogen and oxygen atoms in total. The first-order valence-corrected chi connectivity index (χ1v) is 9.26. The molecule has 152 valence electrons. The average molecular weight is 403 g/mol. The van der Waals surface area contributed by atoms with E-state index in [0.717, 1.165) is 16.5 Å².